The van der Waals surface area contributed by atoms with Crippen molar-refractivity contribution in [2.45, 2.75) is 57.8 Å². The third kappa shape index (κ3) is 9.91. The quantitative estimate of drug-likeness (QED) is 0.586. The number of nitrogens with two attached hydrogens (primary N) is 1. The van der Waals surface area contributed by atoms with E-state index in [0.717, 1.165) is 39.1 Å². The first-order valence-corrected chi connectivity index (χ1v) is 7.87. The second kappa shape index (κ2) is 11.2. The molecule has 1 aliphatic heterocycles. The Labute approximate surface area is 117 Å². The van der Waals surface area contributed by atoms with Crippen molar-refractivity contribution in [1.82, 2.24) is 4.90 Å². The number of hydrogen-bond donors (Lipinski definition) is 1. The topological polar surface area (TPSA) is 55.6 Å². The Morgan fingerprint density at radius 3 is 2.00 bits per heavy atom. The second-order valence-corrected chi connectivity index (χ2v) is 5.50. The van der Waals surface area contributed by atoms with Gasteiger partial charge in [0.25, 0.3) is 0 Å². The molecule has 0 spiro atoms. The van der Waals surface area contributed by atoms with Crippen LogP contribution in [-0.4, -0.2) is 43.7 Å². The van der Waals surface area contributed by atoms with Crippen molar-refractivity contribution in [2.75, 3.05) is 32.8 Å². The monoisotopic (exact) mass is 270 g/mol. The summed E-state index contributed by atoms with van der Waals surface area (Å²) in [5.41, 5.74) is 5.10. The van der Waals surface area contributed by atoms with E-state index in [1.807, 2.05) is 0 Å². The number of hydrogen-bond acceptors (Lipinski definition) is 3. The summed E-state index contributed by atoms with van der Waals surface area (Å²) in [5.74, 6) is -0.164. The highest BCUT2D eigenvalue weighted by molar-refractivity contribution is 5.73. The zero-order chi connectivity index (χ0) is 13.8. The average Bonchev–Trinajstić information content (AvgIpc) is 2.42. The normalized spacial score (nSPS) is 16.6. The van der Waals surface area contributed by atoms with Gasteiger partial charge in [-0.25, -0.2) is 0 Å². The van der Waals surface area contributed by atoms with E-state index in [2.05, 4.69) is 4.90 Å². The molecule has 0 radical (unpaired) electrons. The fraction of sp³-hybridized carbons (Fsp3) is 0.933. The Morgan fingerprint density at radius 2 is 1.42 bits per heavy atom. The third-order valence-corrected chi connectivity index (χ3v) is 3.75. The molecule has 1 aliphatic rings. The SMILES string of the molecule is NC(=O)CCCCCCCCCCN1CCOCC1. The Hall–Kier alpha value is -0.610. The lowest BCUT2D eigenvalue weighted by atomic mass is 10.1. The lowest BCUT2D eigenvalue weighted by Crippen LogP contribution is -2.36. The van der Waals surface area contributed by atoms with Gasteiger partial charge in [0.1, 0.15) is 0 Å². The molecule has 4 heteroatoms. The minimum absolute atomic E-state index is 0.164. The van der Waals surface area contributed by atoms with Crippen LogP contribution in [0.1, 0.15) is 57.8 Å². The second-order valence-electron chi connectivity index (χ2n) is 5.50. The van der Waals surface area contributed by atoms with Crippen molar-refractivity contribution in [3.8, 4) is 0 Å². The number of amides is 1. The third-order valence-electron chi connectivity index (χ3n) is 3.75. The fourth-order valence-corrected chi connectivity index (χ4v) is 2.52. The maximum Gasteiger partial charge on any atom is 0.217 e. The van der Waals surface area contributed by atoms with Gasteiger partial charge in [0.2, 0.25) is 5.91 Å². The smallest absolute Gasteiger partial charge is 0.217 e. The van der Waals surface area contributed by atoms with Crippen LogP contribution < -0.4 is 5.73 Å². The minimum Gasteiger partial charge on any atom is -0.379 e. The lowest BCUT2D eigenvalue weighted by Gasteiger charge is -2.26. The number of unbranched alkanes of at least 4 members (excludes halogenated alkanes) is 7. The standard InChI is InChI=1S/C15H30N2O2/c16-15(18)9-7-5-3-1-2-4-6-8-10-17-11-13-19-14-12-17/h1-14H2,(H2,16,18). The molecule has 1 saturated heterocycles. The van der Waals surface area contributed by atoms with Crippen LogP contribution in [-0.2, 0) is 9.53 Å². The molecule has 0 aromatic heterocycles. The van der Waals surface area contributed by atoms with Crippen LogP contribution in [0.3, 0.4) is 0 Å². The van der Waals surface area contributed by atoms with E-state index in [1.165, 1.54) is 45.1 Å². The van der Waals surface area contributed by atoms with Crippen LogP contribution >= 0.6 is 0 Å². The Balaban J connectivity index is 1.74. The van der Waals surface area contributed by atoms with Gasteiger partial charge in [-0.05, 0) is 19.4 Å². The van der Waals surface area contributed by atoms with E-state index in [0.29, 0.717) is 6.42 Å². The molecule has 0 aromatic carbocycles. The highest BCUT2D eigenvalue weighted by Crippen LogP contribution is 2.10. The van der Waals surface area contributed by atoms with E-state index in [9.17, 15) is 4.79 Å². The molecular weight excluding hydrogens is 240 g/mol. The minimum atomic E-state index is -0.164. The first-order valence-electron chi connectivity index (χ1n) is 7.87. The van der Waals surface area contributed by atoms with Crippen LogP contribution in [0, 0.1) is 0 Å². The van der Waals surface area contributed by atoms with Gasteiger partial charge in [0.15, 0.2) is 0 Å². The zero-order valence-corrected chi connectivity index (χ0v) is 12.2. The number of primary amides is 1. The van der Waals surface area contributed by atoms with E-state index < -0.39 is 0 Å². The average molecular weight is 270 g/mol. The molecule has 112 valence electrons. The van der Waals surface area contributed by atoms with Gasteiger partial charge in [-0.1, -0.05) is 38.5 Å². The first-order chi connectivity index (χ1) is 9.29. The van der Waals surface area contributed by atoms with Gasteiger partial charge in [-0.3, -0.25) is 9.69 Å². The molecule has 0 aliphatic carbocycles. The molecule has 19 heavy (non-hydrogen) atoms. The summed E-state index contributed by atoms with van der Waals surface area (Å²) >= 11 is 0. The molecule has 0 atom stereocenters. The largest absolute Gasteiger partial charge is 0.379 e. The number of nitrogens with zero attached hydrogens (tertiary/aromatic N) is 1. The summed E-state index contributed by atoms with van der Waals surface area (Å²) in [4.78, 5) is 13.1. The van der Waals surface area contributed by atoms with Crippen molar-refractivity contribution >= 4 is 5.91 Å². The molecule has 1 fully saturated rings. The van der Waals surface area contributed by atoms with Crippen molar-refractivity contribution in [2.24, 2.45) is 5.73 Å². The predicted octanol–water partition coefficient (Wildman–Crippen LogP) is 2.31. The summed E-state index contributed by atoms with van der Waals surface area (Å²) in [6.07, 6.45) is 10.6. The maximum absolute atomic E-state index is 10.5. The molecule has 4 nitrogen and oxygen atoms in total. The van der Waals surface area contributed by atoms with Crippen molar-refractivity contribution in [1.29, 1.82) is 0 Å². The maximum atomic E-state index is 10.5. The molecule has 0 aromatic rings. The molecule has 2 N–H and O–H groups in total. The summed E-state index contributed by atoms with van der Waals surface area (Å²) in [6.45, 7) is 5.28. The molecule has 1 heterocycles. The summed E-state index contributed by atoms with van der Waals surface area (Å²) in [5, 5.41) is 0. The zero-order valence-electron chi connectivity index (χ0n) is 12.2. The lowest BCUT2D eigenvalue weighted by molar-refractivity contribution is -0.118. The van der Waals surface area contributed by atoms with Crippen LogP contribution in [0.15, 0.2) is 0 Å². The number of carbonyl (C=O) groups excluding carboxylic acids is 1. The van der Waals surface area contributed by atoms with E-state index in [1.54, 1.807) is 0 Å². The predicted molar refractivity (Wildman–Crippen MR) is 78.0 cm³/mol. The van der Waals surface area contributed by atoms with Gasteiger partial charge in [0.05, 0.1) is 13.2 Å². The molecule has 0 saturated carbocycles. The Bertz CT molecular complexity index is 228. The number of rotatable bonds is 11. The van der Waals surface area contributed by atoms with E-state index in [4.69, 9.17) is 10.5 Å². The van der Waals surface area contributed by atoms with Gasteiger partial charge in [-0.2, -0.15) is 0 Å². The Morgan fingerprint density at radius 1 is 0.895 bits per heavy atom. The Kier molecular flexibility index (Phi) is 9.72. The number of morpholine rings is 1. The highest BCUT2D eigenvalue weighted by atomic mass is 16.5. The number of carbonyl (C=O) groups is 1. The molecule has 0 unspecified atom stereocenters. The molecular formula is C15H30N2O2. The highest BCUT2D eigenvalue weighted by Gasteiger charge is 2.08. The van der Waals surface area contributed by atoms with Crippen molar-refractivity contribution in [3.05, 3.63) is 0 Å². The fourth-order valence-electron chi connectivity index (χ4n) is 2.52. The first kappa shape index (κ1) is 16.4. The van der Waals surface area contributed by atoms with Crippen LogP contribution in [0.4, 0.5) is 0 Å². The van der Waals surface area contributed by atoms with Gasteiger partial charge in [0, 0.05) is 19.5 Å². The van der Waals surface area contributed by atoms with E-state index in [-0.39, 0.29) is 5.91 Å². The van der Waals surface area contributed by atoms with Crippen LogP contribution in [0.2, 0.25) is 0 Å². The molecule has 1 rings (SSSR count). The van der Waals surface area contributed by atoms with E-state index >= 15 is 0 Å². The summed E-state index contributed by atoms with van der Waals surface area (Å²) in [7, 11) is 0. The van der Waals surface area contributed by atoms with Crippen molar-refractivity contribution < 1.29 is 9.53 Å². The van der Waals surface area contributed by atoms with Gasteiger partial charge >= 0.3 is 0 Å². The molecule has 0 bridgehead atoms. The number of ether oxygens (including phenoxy) is 1. The van der Waals surface area contributed by atoms with Gasteiger partial charge in [-0.15, -0.1) is 0 Å². The molecule has 1 amide bonds. The summed E-state index contributed by atoms with van der Waals surface area (Å²) in [6, 6.07) is 0. The summed E-state index contributed by atoms with van der Waals surface area (Å²) < 4.78 is 5.34. The van der Waals surface area contributed by atoms with Crippen LogP contribution in [0.25, 0.3) is 0 Å². The van der Waals surface area contributed by atoms with Crippen LogP contribution in [0.5, 0.6) is 0 Å². The van der Waals surface area contributed by atoms with Gasteiger partial charge < -0.3 is 10.5 Å². The van der Waals surface area contributed by atoms with Crippen molar-refractivity contribution in [3.63, 3.8) is 0 Å².